The van der Waals surface area contributed by atoms with Crippen molar-refractivity contribution in [3.63, 3.8) is 0 Å². The molecule has 0 aliphatic carbocycles. The van der Waals surface area contributed by atoms with Crippen molar-refractivity contribution in [2.45, 2.75) is 0 Å². The molecular formula is C16H17N3O6. The van der Waals surface area contributed by atoms with Crippen molar-refractivity contribution < 1.29 is 28.5 Å². The first-order valence-corrected chi connectivity index (χ1v) is 7.37. The minimum absolute atomic E-state index is 0.0340. The molecule has 25 heavy (non-hydrogen) atoms. The topological polar surface area (TPSA) is 103 Å². The summed E-state index contributed by atoms with van der Waals surface area (Å²) in [4.78, 5) is 25.8. The number of nitrogens with zero attached hydrogens (tertiary/aromatic N) is 2. The summed E-state index contributed by atoms with van der Waals surface area (Å²) in [6.07, 6.45) is 0. The van der Waals surface area contributed by atoms with Crippen molar-refractivity contribution in [2.24, 2.45) is 0 Å². The summed E-state index contributed by atoms with van der Waals surface area (Å²) in [6, 6.07) is 5.35. The number of aromatic amines is 1. The number of benzene rings is 1. The smallest absolute Gasteiger partial charge is 0.355 e. The largest absolute Gasteiger partial charge is 0.480 e. The van der Waals surface area contributed by atoms with Gasteiger partial charge in [0.2, 0.25) is 5.88 Å². The molecule has 1 aromatic carbocycles. The van der Waals surface area contributed by atoms with Gasteiger partial charge in [0.1, 0.15) is 12.4 Å². The normalized spacial score (nSPS) is 14.6. The summed E-state index contributed by atoms with van der Waals surface area (Å²) < 4.78 is 20.2. The van der Waals surface area contributed by atoms with Crippen molar-refractivity contribution in [3.8, 4) is 5.88 Å². The quantitative estimate of drug-likeness (QED) is 0.816. The maximum atomic E-state index is 12.3. The second-order valence-electron chi connectivity index (χ2n) is 5.18. The molecule has 0 saturated heterocycles. The average molecular weight is 347 g/mol. The predicted molar refractivity (Wildman–Crippen MR) is 87.0 cm³/mol. The molecule has 9 nitrogen and oxygen atoms in total. The summed E-state index contributed by atoms with van der Waals surface area (Å²) in [5.74, 6) is -0.823. The summed E-state index contributed by atoms with van der Waals surface area (Å²) in [5, 5.41) is 7.70. The fraction of sp³-hybridized carbons (Fsp3) is 0.312. The number of esters is 2. The number of fused-ring (bicyclic) bond motifs is 1. The molecule has 1 N–H and O–H groups in total. The molecule has 0 spiro atoms. The Morgan fingerprint density at radius 1 is 1.20 bits per heavy atom. The van der Waals surface area contributed by atoms with Crippen LogP contribution >= 0.6 is 0 Å². The van der Waals surface area contributed by atoms with Crippen molar-refractivity contribution in [1.82, 2.24) is 10.2 Å². The van der Waals surface area contributed by atoms with Crippen molar-refractivity contribution in [2.75, 3.05) is 39.6 Å². The molecule has 3 rings (SSSR count). The van der Waals surface area contributed by atoms with Gasteiger partial charge in [-0.15, -0.1) is 5.10 Å². The van der Waals surface area contributed by atoms with E-state index >= 15 is 0 Å². The highest BCUT2D eigenvalue weighted by atomic mass is 16.5. The highest BCUT2D eigenvalue weighted by Crippen LogP contribution is 2.31. The summed E-state index contributed by atoms with van der Waals surface area (Å²) in [7, 11) is 4.02. The van der Waals surface area contributed by atoms with Gasteiger partial charge in [0.15, 0.2) is 0 Å². The van der Waals surface area contributed by atoms with Gasteiger partial charge in [-0.2, -0.15) is 0 Å². The first-order chi connectivity index (χ1) is 12.1. The molecule has 1 aliphatic rings. The van der Waals surface area contributed by atoms with Gasteiger partial charge in [-0.05, 0) is 18.2 Å². The number of hydrogen-bond acceptors (Lipinski definition) is 8. The maximum Gasteiger partial charge on any atom is 0.355 e. The second kappa shape index (κ2) is 6.81. The zero-order chi connectivity index (χ0) is 18.0. The van der Waals surface area contributed by atoms with Crippen LogP contribution in [0.5, 0.6) is 5.88 Å². The van der Waals surface area contributed by atoms with E-state index in [0.29, 0.717) is 17.1 Å². The fourth-order valence-corrected chi connectivity index (χ4v) is 2.65. The Morgan fingerprint density at radius 3 is 2.64 bits per heavy atom. The van der Waals surface area contributed by atoms with Crippen LogP contribution in [0.2, 0.25) is 0 Å². The molecule has 1 aliphatic heterocycles. The lowest BCUT2D eigenvalue weighted by molar-refractivity contribution is -0.140. The van der Waals surface area contributed by atoms with Gasteiger partial charge in [0.25, 0.3) is 0 Å². The number of H-pyrrole nitrogens is 1. The standard InChI is InChI=1S/C16H17N3O6/c1-22-14-10-5-4-9(6-12(10)17-18-14)19-8-25-7-11(15(20)23-2)13(19)16(21)24-3/h4-6H,7-8H2,1-3H3,(H,17,18). The fourth-order valence-electron chi connectivity index (χ4n) is 2.65. The molecular weight excluding hydrogens is 330 g/mol. The molecule has 0 bridgehead atoms. The van der Waals surface area contributed by atoms with Crippen molar-refractivity contribution in [3.05, 3.63) is 29.5 Å². The van der Waals surface area contributed by atoms with Gasteiger partial charge in [0, 0.05) is 5.69 Å². The molecule has 0 radical (unpaired) electrons. The Labute approximate surface area is 143 Å². The van der Waals surface area contributed by atoms with E-state index in [1.54, 1.807) is 23.1 Å². The molecule has 0 saturated carbocycles. The lowest BCUT2D eigenvalue weighted by Crippen LogP contribution is -2.38. The summed E-state index contributed by atoms with van der Waals surface area (Å²) >= 11 is 0. The molecule has 0 amide bonds. The van der Waals surface area contributed by atoms with Crippen molar-refractivity contribution >= 4 is 28.5 Å². The van der Waals surface area contributed by atoms with Crippen LogP contribution in [0, 0.1) is 0 Å². The van der Waals surface area contributed by atoms with Crippen LogP contribution in [0.1, 0.15) is 0 Å². The number of ether oxygens (including phenoxy) is 4. The summed E-state index contributed by atoms with van der Waals surface area (Å²) in [6.45, 7) is 0.0510. The Balaban J connectivity index is 2.10. The van der Waals surface area contributed by atoms with E-state index in [-0.39, 0.29) is 24.6 Å². The number of anilines is 1. The first-order valence-electron chi connectivity index (χ1n) is 7.37. The third kappa shape index (κ3) is 2.89. The van der Waals surface area contributed by atoms with E-state index in [0.717, 1.165) is 5.39 Å². The van der Waals surface area contributed by atoms with Crippen LogP contribution in [-0.4, -0.2) is 56.8 Å². The minimum Gasteiger partial charge on any atom is -0.480 e. The maximum absolute atomic E-state index is 12.3. The van der Waals surface area contributed by atoms with Crippen LogP contribution in [0.3, 0.4) is 0 Å². The molecule has 1 aromatic heterocycles. The van der Waals surface area contributed by atoms with Gasteiger partial charge in [-0.25, -0.2) is 9.59 Å². The number of carbonyl (C=O) groups excluding carboxylic acids is 2. The minimum atomic E-state index is -0.647. The highest BCUT2D eigenvalue weighted by molar-refractivity contribution is 6.03. The number of nitrogens with one attached hydrogen (secondary N) is 1. The van der Waals surface area contributed by atoms with E-state index in [1.807, 2.05) is 0 Å². The Hall–Kier alpha value is -3.07. The van der Waals surface area contributed by atoms with Gasteiger partial charge in [0.05, 0.1) is 44.4 Å². The number of aromatic nitrogens is 2. The molecule has 2 aromatic rings. The Morgan fingerprint density at radius 2 is 1.96 bits per heavy atom. The Kier molecular flexibility index (Phi) is 4.57. The molecule has 2 heterocycles. The lowest BCUT2D eigenvalue weighted by atomic mass is 10.1. The van der Waals surface area contributed by atoms with Crippen molar-refractivity contribution in [1.29, 1.82) is 0 Å². The molecule has 9 heteroatoms. The van der Waals surface area contributed by atoms with E-state index in [4.69, 9.17) is 18.9 Å². The van der Waals surface area contributed by atoms with Crippen LogP contribution in [-0.2, 0) is 23.8 Å². The molecule has 0 atom stereocenters. The van der Waals surface area contributed by atoms with Gasteiger partial charge in [-0.3, -0.25) is 5.10 Å². The lowest BCUT2D eigenvalue weighted by Gasteiger charge is -2.31. The number of carbonyl (C=O) groups is 2. The molecule has 132 valence electrons. The molecule has 0 fully saturated rings. The van der Waals surface area contributed by atoms with E-state index in [9.17, 15) is 9.59 Å². The number of methoxy groups -OCH3 is 3. The number of hydrogen-bond donors (Lipinski definition) is 1. The number of rotatable bonds is 4. The van der Waals surface area contributed by atoms with E-state index in [1.165, 1.54) is 21.3 Å². The second-order valence-corrected chi connectivity index (χ2v) is 5.18. The zero-order valence-electron chi connectivity index (χ0n) is 14.0. The third-order valence-corrected chi connectivity index (χ3v) is 3.85. The predicted octanol–water partition coefficient (Wildman–Crippen LogP) is 0.966. The SMILES string of the molecule is COC(=O)C1=C(C(=O)OC)N(c2ccc3c(OC)n[nH]c3c2)COC1. The highest BCUT2D eigenvalue weighted by Gasteiger charge is 2.32. The van der Waals surface area contributed by atoms with Crippen LogP contribution < -0.4 is 9.64 Å². The average Bonchev–Trinajstić information content (AvgIpc) is 3.08. The van der Waals surface area contributed by atoms with Gasteiger partial charge < -0.3 is 23.8 Å². The molecule has 0 unspecified atom stereocenters. The third-order valence-electron chi connectivity index (χ3n) is 3.85. The van der Waals surface area contributed by atoms with Crippen LogP contribution in [0.25, 0.3) is 10.9 Å². The van der Waals surface area contributed by atoms with Gasteiger partial charge >= 0.3 is 11.9 Å². The zero-order valence-corrected chi connectivity index (χ0v) is 14.0. The van der Waals surface area contributed by atoms with Gasteiger partial charge in [-0.1, -0.05) is 0 Å². The van der Waals surface area contributed by atoms with E-state index < -0.39 is 11.9 Å². The first kappa shape index (κ1) is 16.8. The summed E-state index contributed by atoms with van der Waals surface area (Å²) in [5.41, 5.74) is 1.53. The van der Waals surface area contributed by atoms with Crippen LogP contribution in [0.4, 0.5) is 5.69 Å². The monoisotopic (exact) mass is 347 g/mol. The van der Waals surface area contributed by atoms with E-state index in [2.05, 4.69) is 10.2 Å². The Bertz CT molecular complexity index is 857. The van der Waals surface area contributed by atoms with Crippen LogP contribution in [0.15, 0.2) is 29.5 Å².